The van der Waals surface area contributed by atoms with Gasteiger partial charge in [-0.1, -0.05) is 26.1 Å². The molecule has 3 N–H and O–H groups in total. The Kier molecular flexibility index (Phi) is 5.02. The maximum Gasteiger partial charge on any atom is 0.230 e. The first-order chi connectivity index (χ1) is 7.91. The summed E-state index contributed by atoms with van der Waals surface area (Å²) in [5.41, 5.74) is 5.57. The molecule has 1 amide bonds. The molecule has 94 valence electrons. The van der Waals surface area contributed by atoms with E-state index in [0.717, 1.165) is 9.88 Å². The van der Waals surface area contributed by atoms with E-state index in [1.165, 1.54) is 0 Å². The molecule has 0 aromatic carbocycles. The van der Waals surface area contributed by atoms with Crippen molar-refractivity contribution < 1.29 is 4.79 Å². The number of hydrogen-bond donors (Lipinski definition) is 2. The lowest BCUT2D eigenvalue weighted by molar-refractivity contribution is -0.124. The first-order valence-electron chi connectivity index (χ1n) is 5.40. The Morgan fingerprint density at radius 2 is 2.29 bits per heavy atom. The number of thiocarbonyl (C=S) groups is 1. The van der Waals surface area contributed by atoms with Gasteiger partial charge in [0.1, 0.15) is 5.01 Å². The minimum Gasteiger partial charge on any atom is -0.393 e. The average molecular weight is 271 g/mol. The highest BCUT2D eigenvalue weighted by Gasteiger charge is 2.24. The Hall–Kier alpha value is -1.01. The van der Waals surface area contributed by atoms with E-state index in [1.807, 2.05) is 20.8 Å². The van der Waals surface area contributed by atoms with Gasteiger partial charge < -0.3 is 11.1 Å². The SMILES string of the molecule is Cc1cnc(CNC(=O)C(C(N)=S)C(C)C)s1. The van der Waals surface area contributed by atoms with E-state index in [9.17, 15) is 4.79 Å². The van der Waals surface area contributed by atoms with Gasteiger partial charge in [0.05, 0.1) is 17.5 Å². The van der Waals surface area contributed by atoms with Crippen LogP contribution in [-0.2, 0) is 11.3 Å². The van der Waals surface area contributed by atoms with Crippen LogP contribution in [0.5, 0.6) is 0 Å². The molecule has 0 aliphatic carbocycles. The number of hydrogen-bond acceptors (Lipinski definition) is 4. The second-order valence-electron chi connectivity index (χ2n) is 4.21. The van der Waals surface area contributed by atoms with Gasteiger partial charge in [-0.05, 0) is 12.8 Å². The summed E-state index contributed by atoms with van der Waals surface area (Å²) < 4.78 is 0. The zero-order chi connectivity index (χ0) is 13.0. The zero-order valence-corrected chi connectivity index (χ0v) is 11.8. The molecule has 6 heteroatoms. The van der Waals surface area contributed by atoms with Gasteiger partial charge in [-0.25, -0.2) is 4.98 Å². The minimum atomic E-state index is -0.411. The quantitative estimate of drug-likeness (QED) is 0.799. The number of nitrogens with zero attached hydrogens (tertiary/aromatic N) is 1. The van der Waals surface area contributed by atoms with Crippen LogP contribution in [-0.4, -0.2) is 15.9 Å². The molecular formula is C11H17N3OS2. The molecule has 1 aromatic rings. The summed E-state index contributed by atoms with van der Waals surface area (Å²) in [6.45, 7) is 6.27. The standard InChI is InChI=1S/C11H17N3OS2/c1-6(2)9(10(12)16)11(15)14-5-8-13-4-7(3)17-8/h4,6,9H,5H2,1-3H3,(H2,12,16)(H,14,15). The number of thiazole rings is 1. The molecule has 1 atom stereocenters. The van der Waals surface area contributed by atoms with Crippen molar-refractivity contribution in [3.8, 4) is 0 Å². The second kappa shape index (κ2) is 6.07. The average Bonchev–Trinajstić information content (AvgIpc) is 2.60. The van der Waals surface area contributed by atoms with Crippen molar-refractivity contribution in [1.82, 2.24) is 10.3 Å². The van der Waals surface area contributed by atoms with Crippen LogP contribution in [0.4, 0.5) is 0 Å². The molecule has 0 fully saturated rings. The van der Waals surface area contributed by atoms with Crippen LogP contribution in [0.3, 0.4) is 0 Å². The fraction of sp³-hybridized carbons (Fsp3) is 0.545. The van der Waals surface area contributed by atoms with E-state index in [-0.39, 0.29) is 16.8 Å². The fourth-order valence-electron chi connectivity index (χ4n) is 1.52. The van der Waals surface area contributed by atoms with Gasteiger partial charge in [0.2, 0.25) is 5.91 Å². The van der Waals surface area contributed by atoms with Crippen molar-refractivity contribution in [2.24, 2.45) is 17.6 Å². The lowest BCUT2D eigenvalue weighted by Gasteiger charge is -2.18. The molecule has 0 saturated carbocycles. The summed E-state index contributed by atoms with van der Waals surface area (Å²) >= 11 is 6.48. The molecular weight excluding hydrogens is 254 g/mol. The van der Waals surface area contributed by atoms with Gasteiger partial charge >= 0.3 is 0 Å². The monoisotopic (exact) mass is 271 g/mol. The van der Waals surface area contributed by atoms with Crippen molar-refractivity contribution in [1.29, 1.82) is 0 Å². The lowest BCUT2D eigenvalue weighted by atomic mass is 9.95. The predicted molar refractivity (Wildman–Crippen MR) is 73.8 cm³/mol. The van der Waals surface area contributed by atoms with Crippen molar-refractivity contribution in [2.75, 3.05) is 0 Å². The highest BCUT2D eigenvalue weighted by atomic mass is 32.1. The number of aryl methyl sites for hydroxylation is 1. The number of carbonyl (C=O) groups excluding carboxylic acids is 1. The van der Waals surface area contributed by atoms with Crippen LogP contribution in [0.2, 0.25) is 0 Å². The minimum absolute atomic E-state index is 0.102. The van der Waals surface area contributed by atoms with Gasteiger partial charge in [0.15, 0.2) is 0 Å². The summed E-state index contributed by atoms with van der Waals surface area (Å²) in [6, 6.07) is 0. The number of nitrogens with two attached hydrogens (primary N) is 1. The molecule has 1 unspecified atom stereocenters. The molecule has 0 bridgehead atoms. The van der Waals surface area contributed by atoms with Gasteiger partial charge in [-0.3, -0.25) is 4.79 Å². The van der Waals surface area contributed by atoms with Crippen LogP contribution in [0.25, 0.3) is 0 Å². The Labute approximate surface area is 111 Å². The Bertz CT molecular complexity index is 415. The normalized spacial score (nSPS) is 12.5. The highest BCUT2D eigenvalue weighted by Crippen LogP contribution is 2.13. The summed E-state index contributed by atoms with van der Waals surface area (Å²) in [5, 5.41) is 3.71. The van der Waals surface area contributed by atoms with E-state index in [1.54, 1.807) is 17.5 Å². The van der Waals surface area contributed by atoms with Crippen molar-refractivity contribution in [2.45, 2.75) is 27.3 Å². The van der Waals surface area contributed by atoms with Gasteiger partial charge in [0, 0.05) is 11.1 Å². The van der Waals surface area contributed by atoms with Crippen molar-refractivity contribution >= 4 is 34.5 Å². The summed E-state index contributed by atoms with van der Waals surface area (Å²) in [4.78, 5) is 17.5. The first-order valence-corrected chi connectivity index (χ1v) is 6.62. The molecule has 4 nitrogen and oxygen atoms in total. The smallest absolute Gasteiger partial charge is 0.230 e. The van der Waals surface area contributed by atoms with Crippen molar-refractivity contribution in [3.63, 3.8) is 0 Å². The third-order valence-corrected chi connectivity index (χ3v) is 3.51. The van der Waals surface area contributed by atoms with Gasteiger partial charge in [-0.2, -0.15) is 0 Å². The molecule has 17 heavy (non-hydrogen) atoms. The molecule has 0 radical (unpaired) electrons. The third-order valence-electron chi connectivity index (χ3n) is 2.34. The molecule has 1 heterocycles. The summed E-state index contributed by atoms with van der Waals surface area (Å²) in [7, 11) is 0. The maximum atomic E-state index is 11.9. The lowest BCUT2D eigenvalue weighted by Crippen LogP contribution is -2.40. The van der Waals surface area contributed by atoms with E-state index >= 15 is 0 Å². The topological polar surface area (TPSA) is 68.0 Å². The van der Waals surface area contributed by atoms with E-state index in [4.69, 9.17) is 18.0 Å². The Morgan fingerprint density at radius 1 is 1.65 bits per heavy atom. The van der Waals surface area contributed by atoms with Gasteiger partial charge in [0.25, 0.3) is 0 Å². The number of carbonyl (C=O) groups is 1. The van der Waals surface area contributed by atoms with E-state index in [0.29, 0.717) is 6.54 Å². The van der Waals surface area contributed by atoms with Crippen molar-refractivity contribution in [3.05, 3.63) is 16.1 Å². The number of aromatic nitrogens is 1. The fourth-order valence-corrected chi connectivity index (χ4v) is 2.62. The van der Waals surface area contributed by atoms with E-state index < -0.39 is 5.92 Å². The number of nitrogens with one attached hydrogen (secondary N) is 1. The number of amides is 1. The molecule has 0 spiro atoms. The van der Waals surface area contributed by atoms with Gasteiger partial charge in [-0.15, -0.1) is 11.3 Å². The molecule has 1 aromatic heterocycles. The van der Waals surface area contributed by atoms with Crippen LogP contribution < -0.4 is 11.1 Å². The zero-order valence-electron chi connectivity index (χ0n) is 10.2. The largest absolute Gasteiger partial charge is 0.393 e. The van der Waals surface area contributed by atoms with Crippen LogP contribution >= 0.6 is 23.6 Å². The van der Waals surface area contributed by atoms with E-state index in [2.05, 4.69) is 10.3 Å². The summed E-state index contributed by atoms with van der Waals surface area (Å²) in [5.74, 6) is -0.433. The predicted octanol–water partition coefficient (Wildman–Crippen LogP) is 1.63. The molecule has 0 saturated heterocycles. The first kappa shape index (κ1) is 14.1. The summed E-state index contributed by atoms with van der Waals surface area (Å²) in [6.07, 6.45) is 1.79. The molecule has 0 aliphatic heterocycles. The highest BCUT2D eigenvalue weighted by molar-refractivity contribution is 7.80. The number of rotatable bonds is 5. The molecule has 1 rings (SSSR count). The second-order valence-corrected chi connectivity index (χ2v) is 6.00. The van der Waals surface area contributed by atoms with Crippen LogP contribution in [0.15, 0.2) is 6.20 Å². The third kappa shape index (κ3) is 4.05. The van der Waals surface area contributed by atoms with Crippen LogP contribution in [0.1, 0.15) is 23.7 Å². The molecule has 0 aliphatic rings. The Morgan fingerprint density at radius 3 is 2.71 bits per heavy atom. The maximum absolute atomic E-state index is 11.9. The Balaban J connectivity index is 2.56. The van der Waals surface area contributed by atoms with Crippen LogP contribution in [0, 0.1) is 18.8 Å².